The molecule has 0 bridgehead atoms. The number of hydrogen-bond acceptors (Lipinski definition) is 5. The Morgan fingerprint density at radius 2 is 1.88 bits per heavy atom. The van der Waals surface area contributed by atoms with E-state index >= 15 is 0 Å². The van der Waals surface area contributed by atoms with Gasteiger partial charge >= 0.3 is 0 Å². The third-order valence-corrected chi connectivity index (χ3v) is 9.08. The van der Waals surface area contributed by atoms with Crippen molar-refractivity contribution >= 4 is 50.7 Å². The molecule has 2 atom stereocenters. The molecule has 0 spiro atoms. The Kier molecular flexibility index (Phi) is 7.61. The van der Waals surface area contributed by atoms with Gasteiger partial charge in [0, 0.05) is 54.0 Å². The molecule has 3 heterocycles. The van der Waals surface area contributed by atoms with Crippen molar-refractivity contribution < 1.29 is 27.3 Å². The van der Waals surface area contributed by atoms with Gasteiger partial charge in [-0.15, -0.1) is 0 Å². The molecular formula is C32H30F2N4O4S. The molecule has 2 aromatic heterocycles. The molecule has 2 amide bonds. The second-order valence-electron chi connectivity index (χ2n) is 10.7. The second-order valence-corrected chi connectivity index (χ2v) is 12.1. The summed E-state index contributed by atoms with van der Waals surface area (Å²) in [6, 6.07) is 15.6. The van der Waals surface area contributed by atoms with Gasteiger partial charge in [-0.3, -0.25) is 9.59 Å². The molecule has 0 radical (unpaired) electrons. The van der Waals surface area contributed by atoms with Crippen LogP contribution in [0.1, 0.15) is 45.2 Å². The fraction of sp³-hybridized carbons (Fsp3) is 0.250. The first-order chi connectivity index (χ1) is 20.7. The fourth-order valence-electron chi connectivity index (χ4n) is 5.86. The summed E-state index contributed by atoms with van der Waals surface area (Å²) in [4.78, 5) is 31.5. The van der Waals surface area contributed by atoms with Crippen LogP contribution in [0.4, 0.5) is 14.5 Å². The van der Waals surface area contributed by atoms with E-state index in [0.717, 1.165) is 18.4 Å². The predicted octanol–water partition coefficient (Wildman–Crippen LogP) is 5.97. The van der Waals surface area contributed by atoms with Gasteiger partial charge in [-0.1, -0.05) is 6.07 Å². The lowest BCUT2D eigenvalue weighted by atomic mass is 9.88. The van der Waals surface area contributed by atoms with E-state index in [9.17, 15) is 22.9 Å². The third kappa shape index (κ3) is 5.23. The highest BCUT2D eigenvalue weighted by Crippen LogP contribution is 2.42. The maximum absolute atomic E-state index is 14.3. The lowest BCUT2D eigenvalue weighted by molar-refractivity contribution is 0.0702. The largest absolute Gasteiger partial charge is 0.593 e. The Balaban J connectivity index is 1.43. The molecule has 0 saturated carbocycles. The molecule has 1 saturated heterocycles. The summed E-state index contributed by atoms with van der Waals surface area (Å²) in [6.07, 6.45) is 3.05. The van der Waals surface area contributed by atoms with Gasteiger partial charge in [0.15, 0.2) is 0 Å². The summed E-state index contributed by atoms with van der Waals surface area (Å²) < 4.78 is 48.5. The van der Waals surface area contributed by atoms with Crippen molar-refractivity contribution in [2.24, 2.45) is 0 Å². The van der Waals surface area contributed by atoms with Gasteiger partial charge in [-0.05, 0) is 66.9 Å². The van der Waals surface area contributed by atoms with Crippen molar-refractivity contribution in [3.05, 3.63) is 89.1 Å². The van der Waals surface area contributed by atoms with Crippen LogP contribution >= 0.6 is 0 Å². The predicted molar refractivity (Wildman–Crippen MR) is 164 cm³/mol. The second kappa shape index (κ2) is 11.4. The Bertz CT molecular complexity index is 1850. The monoisotopic (exact) mass is 604 g/mol. The van der Waals surface area contributed by atoms with Crippen molar-refractivity contribution in [2.75, 3.05) is 37.7 Å². The molecule has 6 rings (SSSR count). The van der Waals surface area contributed by atoms with E-state index < -0.39 is 23.0 Å². The minimum atomic E-state index is -1.38. The minimum Gasteiger partial charge on any atom is -0.593 e. The molecule has 222 valence electrons. The molecular weight excluding hydrogens is 574 g/mol. The Morgan fingerprint density at radius 3 is 2.58 bits per heavy atom. The summed E-state index contributed by atoms with van der Waals surface area (Å²) in [7, 11) is 3.24. The van der Waals surface area contributed by atoms with E-state index in [1.54, 1.807) is 58.9 Å². The number of carbonyl (C=O) groups excluding carboxylic acids is 2. The van der Waals surface area contributed by atoms with Crippen molar-refractivity contribution in [2.45, 2.75) is 18.8 Å². The maximum atomic E-state index is 14.3. The number of nitrogens with one attached hydrogen (secondary N) is 2. The van der Waals surface area contributed by atoms with Crippen LogP contribution in [0.15, 0.2) is 65.1 Å². The number of nitrogens with zero attached hydrogens (tertiary/aromatic N) is 2. The summed E-state index contributed by atoms with van der Waals surface area (Å²) in [5.74, 6) is -1.26. The van der Waals surface area contributed by atoms with Crippen molar-refractivity contribution in [3.8, 4) is 11.3 Å². The Hall–Kier alpha value is -4.35. The topological polar surface area (TPSA) is 105 Å². The molecule has 8 nitrogen and oxygen atoms in total. The highest BCUT2D eigenvalue weighted by molar-refractivity contribution is 7.92. The van der Waals surface area contributed by atoms with Crippen LogP contribution in [-0.2, 0) is 11.4 Å². The summed E-state index contributed by atoms with van der Waals surface area (Å²) in [5.41, 5.74) is 3.60. The maximum Gasteiger partial charge on any atom is 0.270 e. The average molecular weight is 605 g/mol. The average Bonchev–Trinajstić information content (AvgIpc) is 3.62. The Labute approximate surface area is 250 Å². The molecule has 0 unspecified atom stereocenters. The van der Waals surface area contributed by atoms with Gasteiger partial charge in [0.1, 0.15) is 34.9 Å². The van der Waals surface area contributed by atoms with Crippen LogP contribution in [0.2, 0.25) is 0 Å². The van der Waals surface area contributed by atoms with Gasteiger partial charge in [-0.25, -0.2) is 8.78 Å². The number of likely N-dealkylation sites (tertiary alicyclic amines) is 1. The van der Waals surface area contributed by atoms with Crippen LogP contribution in [0.3, 0.4) is 0 Å². The SMILES string of the molecule is CNC(=O)c1c(-c2ccc(F)cc2)oc2cc(N(C)[S@+](C)[O-])c([C@H]3CCCN(C(=O)c4cc5c(F)cccc5[nH]4)C3)cc12. The van der Waals surface area contributed by atoms with E-state index in [2.05, 4.69) is 10.3 Å². The number of anilines is 1. The molecule has 1 aliphatic rings. The highest BCUT2D eigenvalue weighted by atomic mass is 32.2. The number of piperidine rings is 1. The van der Waals surface area contributed by atoms with Crippen LogP contribution < -0.4 is 9.62 Å². The molecule has 2 N–H and O–H groups in total. The lowest BCUT2D eigenvalue weighted by Gasteiger charge is -2.34. The van der Waals surface area contributed by atoms with E-state index in [4.69, 9.17) is 4.42 Å². The number of benzene rings is 3. The number of aromatic amines is 1. The van der Waals surface area contributed by atoms with Crippen molar-refractivity contribution in [1.82, 2.24) is 15.2 Å². The third-order valence-electron chi connectivity index (χ3n) is 8.11. The normalized spacial score (nSPS) is 16.0. The first-order valence-electron chi connectivity index (χ1n) is 13.9. The molecule has 5 aromatic rings. The molecule has 0 aliphatic carbocycles. The lowest BCUT2D eigenvalue weighted by Crippen LogP contribution is -2.39. The molecule has 1 fully saturated rings. The van der Waals surface area contributed by atoms with Crippen LogP contribution in [0.25, 0.3) is 33.2 Å². The molecule has 11 heteroatoms. The van der Waals surface area contributed by atoms with E-state index in [-0.39, 0.29) is 17.7 Å². The fourth-order valence-corrected chi connectivity index (χ4v) is 6.30. The number of halogens is 2. The summed E-state index contributed by atoms with van der Waals surface area (Å²) in [5, 5.41) is 3.59. The summed E-state index contributed by atoms with van der Waals surface area (Å²) >= 11 is -1.38. The first kappa shape index (κ1) is 28.8. The molecule has 3 aromatic carbocycles. The van der Waals surface area contributed by atoms with Gasteiger partial charge in [0.2, 0.25) is 0 Å². The Morgan fingerprint density at radius 1 is 1.12 bits per heavy atom. The molecule has 43 heavy (non-hydrogen) atoms. The zero-order valence-electron chi connectivity index (χ0n) is 23.9. The van der Waals surface area contributed by atoms with E-state index in [1.165, 1.54) is 25.2 Å². The first-order valence-corrected chi connectivity index (χ1v) is 15.4. The molecule has 1 aliphatic heterocycles. The van der Waals surface area contributed by atoms with Crippen LogP contribution in [0.5, 0.6) is 0 Å². The number of aromatic nitrogens is 1. The number of H-pyrrole nitrogens is 1. The number of carbonyl (C=O) groups is 2. The van der Waals surface area contributed by atoms with Gasteiger partial charge < -0.3 is 24.2 Å². The number of amides is 2. The number of furan rings is 1. The zero-order valence-corrected chi connectivity index (χ0v) is 24.7. The standard InChI is InChI=1S/C32H30F2N4O4S/c1-35-31(39)29-23-14-21(27(37(2)43(3)41)16-28(23)42-30(29)18-9-11-20(33)12-10-18)19-6-5-13-38(17-19)32(40)26-15-22-24(34)7-4-8-25(22)36-26/h4,7-12,14-16,19,36H,5-6,13,17H2,1-3H3,(H,35,39)/t19-,43-/m0/s1. The van der Waals surface area contributed by atoms with Gasteiger partial charge in [-0.2, -0.15) is 4.31 Å². The minimum absolute atomic E-state index is 0.147. The number of rotatable bonds is 6. The summed E-state index contributed by atoms with van der Waals surface area (Å²) in [6.45, 7) is 0.904. The van der Waals surface area contributed by atoms with E-state index in [1.807, 2.05) is 6.07 Å². The number of hydrogen-bond donors (Lipinski definition) is 2. The van der Waals surface area contributed by atoms with Crippen molar-refractivity contribution in [3.63, 3.8) is 0 Å². The van der Waals surface area contributed by atoms with E-state index in [0.29, 0.717) is 63.2 Å². The number of fused-ring (bicyclic) bond motifs is 2. The van der Waals surface area contributed by atoms with Crippen LogP contribution in [0, 0.1) is 11.6 Å². The van der Waals surface area contributed by atoms with Gasteiger partial charge in [0.25, 0.3) is 11.8 Å². The van der Waals surface area contributed by atoms with Crippen molar-refractivity contribution in [1.29, 1.82) is 0 Å². The smallest absolute Gasteiger partial charge is 0.270 e. The van der Waals surface area contributed by atoms with Crippen LogP contribution in [-0.4, -0.2) is 59.7 Å². The highest BCUT2D eigenvalue weighted by Gasteiger charge is 2.32. The van der Waals surface area contributed by atoms with Gasteiger partial charge in [0.05, 0.1) is 29.7 Å². The quantitative estimate of drug-likeness (QED) is 0.233. The zero-order chi connectivity index (χ0) is 30.4.